The summed E-state index contributed by atoms with van der Waals surface area (Å²) in [5.41, 5.74) is -0.814. The summed E-state index contributed by atoms with van der Waals surface area (Å²) in [7, 11) is 0. The molecule has 3 rings (SSSR count). The molecule has 0 saturated heterocycles. The molecule has 1 aromatic carbocycles. The molecule has 1 aliphatic carbocycles. The molecule has 21 heavy (non-hydrogen) atoms. The lowest BCUT2D eigenvalue weighted by molar-refractivity contribution is 0.0694. The highest BCUT2D eigenvalue weighted by atomic mass is 19.1. The maximum absolute atomic E-state index is 13.9. The largest absolute Gasteiger partial charge is 0.477 e. The predicted molar refractivity (Wildman–Crippen MR) is 73.4 cm³/mol. The SMILES string of the molecule is CC(=O)c1cc2c(cc1F)c(=O)c(C(=O)O)cn2C1CC1. The minimum Gasteiger partial charge on any atom is -0.477 e. The molecule has 1 fully saturated rings. The monoisotopic (exact) mass is 289 g/mol. The fourth-order valence-electron chi connectivity index (χ4n) is 2.45. The summed E-state index contributed by atoms with van der Waals surface area (Å²) in [4.78, 5) is 34.8. The highest BCUT2D eigenvalue weighted by Gasteiger charge is 2.27. The number of aromatic nitrogens is 1. The number of carboxylic acids is 1. The Balaban J connectivity index is 2.44. The first-order chi connectivity index (χ1) is 9.90. The number of Topliss-reactive ketones (excluding diaryl/α,β-unsaturated/α-hetero) is 1. The zero-order valence-corrected chi connectivity index (χ0v) is 11.2. The summed E-state index contributed by atoms with van der Waals surface area (Å²) in [5, 5.41) is 9.09. The predicted octanol–water partition coefficient (Wildman–Crippen LogP) is 2.38. The van der Waals surface area contributed by atoms with Gasteiger partial charge in [-0.25, -0.2) is 9.18 Å². The van der Waals surface area contributed by atoms with E-state index in [1.165, 1.54) is 19.2 Å². The van der Waals surface area contributed by atoms with Gasteiger partial charge in [0.1, 0.15) is 11.4 Å². The Morgan fingerprint density at radius 1 is 1.29 bits per heavy atom. The summed E-state index contributed by atoms with van der Waals surface area (Å²) in [6.07, 6.45) is 3.01. The van der Waals surface area contributed by atoms with Gasteiger partial charge in [0.25, 0.3) is 0 Å². The number of rotatable bonds is 3. The van der Waals surface area contributed by atoms with Crippen LogP contribution in [0.3, 0.4) is 0 Å². The molecule has 108 valence electrons. The number of carboxylic acid groups (broad SMARTS) is 1. The van der Waals surface area contributed by atoms with E-state index in [0.29, 0.717) is 5.52 Å². The number of ketones is 1. The van der Waals surface area contributed by atoms with E-state index in [1.807, 2.05) is 0 Å². The Bertz CT molecular complexity index is 849. The molecular formula is C15H12FNO4. The van der Waals surface area contributed by atoms with Crippen LogP contribution < -0.4 is 5.43 Å². The summed E-state index contributed by atoms with van der Waals surface area (Å²) in [6.45, 7) is 1.25. The van der Waals surface area contributed by atoms with Gasteiger partial charge in [0.2, 0.25) is 5.43 Å². The Labute approximate surface area is 118 Å². The number of fused-ring (bicyclic) bond motifs is 1. The molecule has 0 atom stereocenters. The number of nitrogens with zero attached hydrogens (tertiary/aromatic N) is 1. The first-order valence-corrected chi connectivity index (χ1v) is 6.52. The topological polar surface area (TPSA) is 76.4 Å². The summed E-state index contributed by atoms with van der Waals surface area (Å²) >= 11 is 0. The van der Waals surface area contributed by atoms with Gasteiger partial charge in [-0.05, 0) is 31.9 Å². The Hall–Kier alpha value is -2.50. The lowest BCUT2D eigenvalue weighted by atomic mass is 10.1. The highest BCUT2D eigenvalue weighted by Crippen LogP contribution is 2.37. The number of hydrogen-bond acceptors (Lipinski definition) is 3. The van der Waals surface area contributed by atoms with Crippen molar-refractivity contribution < 1.29 is 19.1 Å². The molecule has 1 aromatic heterocycles. The van der Waals surface area contributed by atoms with E-state index in [4.69, 9.17) is 5.11 Å². The van der Waals surface area contributed by atoms with Crippen molar-refractivity contribution >= 4 is 22.7 Å². The van der Waals surface area contributed by atoms with E-state index in [2.05, 4.69) is 0 Å². The van der Waals surface area contributed by atoms with Crippen LogP contribution in [0.25, 0.3) is 10.9 Å². The third kappa shape index (κ3) is 2.12. The van der Waals surface area contributed by atoms with Gasteiger partial charge in [0, 0.05) is 17.6 Å². The van der Waals surface area contributed by atoms with Gasteiger partial charge in [0.05, 0.1) is 11.1 Å². The molecule has 0 bridgehead atoms. The Morgan fingerprint density at radius 3 is 2.48 bits per heavy atom. The average molecular weight is 289 g/mol. The van der Waals surface area contributed by atoms with Crippen molar-refractivity contribution in [3.63, 3.8) is 0 Å². The number of aromatic carboxylic acids is 1. The van der Waals surface area contributed by atoms with E-state index in [9.17, 15) is 18.8 Å². The van der Waals surface area contributed by atoms with Crippen molar-refractivity contribution in [2.45, 2.75) is 25.8 Å². The van der Waals surface area contributed by atoms with Crippen LogP contribution in [0.15, 0.2) is 23.1 Å². The average Bonchev–Trinajstić information content (AvgIpc) is 3.22. The van der Waals surface area contributed by atoms with Crippen LogP contribution in [0.1, 0.15) is 46.5 Å². The van der Waals surface area contributed by atoms with Crippen molar-refractivity contribution in [1.82, 2.24) is 4.57 Å². The second-order valence-electron chi connectivity index (χ2n) is 5.22. The summed E-state index contributed by atoms with van der Waals surface area (Å²) in [5.74, 6) is -2.59. The molecular weight excluding hydrogens is 277 g/mol. The molecule has 5 nitrogen and oxygen atoms in total. The number of hydrogen-bond donors (Lipinski definition) is 1. The molecule has 2 aromatic rings. The Kier molecular flexibility index (Phi) is 2.90. The highest BCUT2D eigenvalue weighted by molar-refractivity contribution is 5.99. The van der Waals surface area contributed by atoms with Gasteiger partial charge in [-0.1, -0.05) is 0 Å². The van der Waals surface area contributed by atoms with Crippen LogP contribution in [-0.4, -0.2) is 21.4 Å². The van der Waals surface area contributed by atoms with Gasteiger partial charge in [0.15, 0.2) is 5.78 Å². The van der Waals surface area contributed by atoms with Crippen molar-refractivity contribution in [1.29, 1.82) is 0 Å². The lowest BCUT2D eigenvalue weighted by Gasteiger charge is -2.12. The van der Waals surface area contributed by atoms with Crippen LogP contribution in [-0.2, 0) is 0 Å². The first-order valence-electron chi connectivity index (χ1n) is 6.52. The van der Waals surface area contributed by atoms with Crippen LogP contribution in [0.4, 0.5) is 4.39 Å². The van der Waals surface area contributed by atoms with Crippen LogP contribution in [0.2, 0.25) is 0 Å². The van der Waals surface area contributed by atoms with Gasteiger partial charge in [-0.2, -0.15) is 0 Å². The third-order valence-corrected chi connectivity index (χ3v) is 3.67. The molecule has 0 spiro atoms. The fourth-order valence-corrected chi connectivity index (χ4v) is 2.45. The smallest absolute Gasteiger partial charge is 0.341 e. The third-order valence-electron chi connectivity index (χ3n) is 3.67. The molecule has 0 aliphatic heterocycles. The van der Waals surface area contributed by atoms with Crippen LogP contribution in [0, 0.1) is 5.82 Å². The van der Waals surface area contributed by atoms with Gasteiger partial charge in [-0.15, -0.1) is 0 Å². The van der Waals surface area contributed by atoms with Crippen LogP contribution in [0.5, 0.6) is 0 Å². The minimum absolute atomic E-state index is 0.00991. The van der Waals surface area contributed by atoms with E-state index in [0.717, 1.165) is 18.9 Å². The standard InChI is InChI=1S/C15H12FNO4/c1-7(18)9-5-13-10(4-12(9)16)14(19)11(15(20)21)6-17(13)8-2-3-8/h4-6,8H,2-3H2,1H3,(H,20,21). The van der Waals surface area contributed by atoms with E-state index < -0.39 is 23.0 Å². The molecule has 0 amide bonds. The minimum atomic E-state index is -1.34. The molecule has 0 radical (unpaired) electrons. The van der Waals surface area contributed by atoms with E-state index in [1.54, 1.807) is 4.57 Å². The fraction of sp³-hybridized carbons (Fsp3) is 0.267. The van der Waals surface area contributed by atoms with Gasteiger partial charge in [-0.3, -0.25) is 9.59 Å². The molecule has 1 N–H and O–H groups in total. The number of pyridine rings is 1. The zero-order chi connectivity index (χ0) is 15.3. The summed E-state index contributed by atoms with van der Waals surface area (Å²) in [6, 6.07) is 2.38. The van der Waals surface area contributed by atoms with E-state index >= 15 is 0 Å². The number of carbonyl (C=O) groups excluding carboxylic acids is 1. The summed E-state index contributed by atoms with van der Waals surface area (Å²) < 4.78 is 15.6. The van der Waals surface area contributed by atoms with Gasteiger partial charge >= 0.3 is 5.97 Å². The number of carbonyl (C=O) groups is 2. The maximum Gasteiger partial charge on any atom is 0.341 e. The van der Waals surface area contributed by atoms with Crippen LogP contribution >= 0.6 is 0 Å². The van der Waals surface area contributed by atoms with E-state index in [-0.39, 0.29) is 22.6 Å². The first kappa shape index (κ1) is 13.5. The molecule has 6 heteroatoms. The number of halogens is 1. The lowest BCUT2D eigenvalue weighted by Crippen LogP contribution is -2.19. The number of benzene rings is 1. The Morgan fingerprint density at radius 2 is 1.95 bits per heavy atom. The van der Waals surface area contributed by atoms with Crippen molar-refractivity contribution in [3.05, 3.63) is 45.5 Å². The van der Waals surface area contributed by atoms with Crippen molar-refractivity contribution in [2.24, 2.45) is 0 Å². The molecule has 1 heterocycles. The second kappa shape index (κ2) is 4.51. The second-order valence-corrected chi connectivity index (χ2v) is 5.22. The maximum atomic E-state index is 13.9. The quantitative estimate of drug-likeness (QED) is 0.880. The molecule has 1 aliphatic rings. The molecule has 1 saturated carbocycles. The van der Waals surface area contributed by atoms with Gasteiger partial charge < -0.3 is 9.67 Å². The zero-order valence-electron chi connectivity index (χ0n) is 11.2. The van der Waals surface area contributed by atoms with Crippen molar-refractivity contribution in [3.8, 4) is 0 Å². The van der Waals surface area contributed by atoms with Crippen molar-refractivity contribution in [2.75, 3.05) is 0 Å². The molecule has 0 unspecified atom stereocenters. The normalized spacial score (nSPS) is 14.4.